The summed E-state index contributed by atoms with van der Waals surface area (Å²) in [5.74, 6) is -1.07. The van der Waals surface area contributed by atoms with Crippen LogP contribution in [0.3, 0.4) is 0 Å². The monoisotopic (exact) mass is 517 g/mol. The highest BCUT2D eigenvalue weighted by atomic mass is 16.2. The van der Waals surface area contributed by atoms with Crippen molar-refractivity contribution in [3.63, 3.8) is 0 Å². The van der Waals surface area contributed by atoms with E-state index in [-0.39, 0.29) is 11.8 Å². The minimum absolute atomic E-state index is 0.0362. The van der Waals surface area contributed by atoms with Crippen molar-refractivity contribution in [2.45, 2.75) is 84.2 Å². The number of likely N-dealkylation sites (tertiary alicyclic amines) is 1. The topological polar surface area (TPSA) is 92.5 Å². The Morgan fingerprint density at radius 1 is 1.03 bits per heavy atom. The van der Waals surface area contributed by atoms with Gasteiger partial charge in [0.2, 0.25) is 17.7 Å². The van der Waals surface area contributed by atoms with Crippen molar-refractivity contribution in [3.8, 4) is 11.1 Å². The Labute approximate surface area is 227 Å². The summed E-state index contributed by atoms with van der Waals surface area (Å²) in [6.07, 6.45) is 7.71. The van der Waals surface area contributed by atoms with Gasteiger partial charge >= 0.3 is 0 Å². The quantitative estimate of drug-likeness (QED) is 0.397. The molecular formula is C32H43N3O3. The molecule has 1 aliphatic carbocycles. The summed E-state index contributed by atoms with van der Waals surface area (Å²) in [5, 5.41) is 3.07. The molecule has 1 heterocycles. The maximum absolute atomic E-state index is 13.6. The van der Waals surface area contributed by atoms with Crippen LogP contribution in [0.1, 0.15) is 75.8 Å². The number of benzene rings is 2. The molecule has 3 N–H and O–H groups in total. The van der Waals surface area contributed by atoms with E-state index in [1.54, 1.807) is 0 Å². The molecule has 2 fully saturated rings. The zero-order valence-electron chi connectivity index (χ0n) is 23.0. The average molecular weight is 518 g/mol. The van der Waals surface area contributed by atoms with Crippen molar-refractivity contribution < 1.29 is 14.4 Å². The zero-order valence-corrected chi connectivity index (χ0v) is 23.0. The van der Waals surface area contributed by atoms with E-state index in [9.17, 15) is 14.4 Å². The van der Waals surface area contributed by atoms with Crippen LogP contribution < -0.4 is 11.1 Å². The number of hydrogen-bond acceptors (Lipinski definition) is 3. The Morgan fingerprint density at radius 2 is 1.79 bits per heavy atom. The van der Waals surface area contributed by atoms with E-state index in [1.807, 2.05) is 11.0 Å². The summed E-state index contributed by atoms with van der Waals surface area (Å²) >= 11 is 0. The van der Waals surface area contributed by atoms with E-state index in [0.29, 0.717) is 38.3 Å². The standard InChI is InChI=1S/C32H43N3O3/c1-3-4-10-27(30(33)36)28(20-23-14-15-23)31(37)34-29-11-5-6-18-35(32(29)38)21-24-8-7-9-26(19-24)25-16-12-22(2)13-17-25/h7-9,12-13,16-17,19,23,27-29H,3-6,10-11,14-15,18,20-21H2,1-2H3,(H2,33,36)(H,34,37)/t27-,28+,29-/m0/s1. The second-order valence-corrected chi connectivity index (χ2v) is 11.3. The van der Waals surface area contributed by atoms with Gasteiger partial charge in [-0.3, -0.25) is 14.4 Å². The number of amides is 3. The fourth-order valence-electron chi connectivity index (χ4n) is 5.62. The molecule has 0 aromatic heterocycles. The van der Waals surface area contributed by atoms with E-state index in [4.69, 9.17) is 5.73 Å². The first-order chi connectivity index (χ1) is 18.4. The third-order valence-electron chi connectivity index (χ3n) is 8.12. The molecule has 2 aliphatic rings. The minimum atomic E-state index is -0.563. The lowest BCUT2D eigenvalue weighted by molar-refractivity contribution is -0.139. The normalized spacial score (nSPS) is 19.5. The second kappa shape index (κ2) is 13.1. The highest BCUT2D eigenvalue weighted by Crippen LogP contribution is 2.38. The molecule has 2 aromatic rings. The van der Waals surface area contributed by atoms with Gasteiger partial charge in [0.1, 0.15) is 6.04 Å². The molecular weight excluding hydrogens is 474 g/mol. The lowest BCUT2D eigenvalue weighted by atomic mass is 9.82. The van der Waals surface area contributed by atoms with Gasteiger partial charge in [-0.2, -0.15) is 0 Å². The van der Waals surface area contributed by atoms with E-state index < -0.39 is 23.8 Å². The largest absolute Gasteiger partial charge is 0.369 e. The molecule has 6 nitrogen and oxygen atoms in total. The number of nitrogens with one attached hydrogen (secondary N) is 1. The lowest BCUT2D eigenvalue weighted by Gasteiger charge is -2.28. The number of nitrogens with zero attached hydrogens (tertiary/aromatic N) is 1. The predicted molar refractivity (Wildman–Crippen MR) is 151 cm³/mol. The van der Waals surface area contributed by atoms with Crippen LogP contribution in [0, 0.1) is 24.7 Å². The SMILES string of the molecule is CCCC[C@H](C(N)=O)[C@@H](CC1CC1)C(=O)N[C@H]1CCCCN(Cc2cccc(-c3ccc(C)cc3)c2)C1=O. The third-order valence-corrected chi connectivity index (χ3v) is 8.12. The smallest absolute Gasteiger partial charge is 0.245 e. The second-order valence-electron chi connectivity index (χ2n) is 11.3. The van der Waals surface area contributed by atoms with Gasteiger partial charge in [0.15, 0.2) is 0 Å². The number of nitrogens with two attached hydrogens (primary N) is 1. The van der Waals surface area contributed by atoms with Crippen molar-refractivity contribution in [2.24, 2.45) is 23.5 Å². The van der Waals surface area contributed by atoms with Crippen molar-refractivity contribution in [1.29, 1.82) is 0 Å². The fraction of sp³-hybridized carbons (Fsp3) is 0.531. The first-order valence-corrected chi connectivity index (χ1v) is 14.4. The fourth-order valence-corrected chi connectivity index (χ4v) is 5.62. The summed E-state index contributed by atoms with van der Waals surface area (Å²) in [5.41, 5.74) is 10.3. The number of rotatable bonds is 12. The maximum atomic E-state index is 13.6. The molecule has 204 valence electrons. The molecule has 6 heteroatoms. The van der Waals surface area contributed by atoms with Gasteiger partial charge in [0, 0.05) is 24.9 Å². The van der Waals surface area contributed by atoms with Crippen LogP contribution in [0.15, 0.2) is 48.5 Å². The van der Waals surface area contributed by atoms with E-state index in [0.717, 1.165) is 55.2 Å². The highest BCUT2D eigenvalue weighted by molar-refractivity contribution is 5.91. The van der Waals surface area contributed by atoms with Crippen LogP contribution in [0.4, 0.5) is 0 Å². The van der Waals surface area contributed by atoms with Gasteiger partial charge in [-0.1, -0.05) is 80.6 Å². The molecule has 3 atom stereocenters. The van der Waals surface area contributed by atoms with Gasteiger partial charge < -0.3 is 16.0 Å². The van der Waals surface area contributed by atoms with E-state index in [1.165, 1.54) is 5.56 Å². The number of primary amides is 1. The van der Waals surface area contributed by atoms with Crippen LogP contribution in [-0.2, 0) is 20.9 Å². The van der Waals surface area contributed by atoms with Crippen LogP contribution in [0.2, 0.25) is 0 Å². The summed E-state index contributed by atoms with van der Waals surface area (Å²) in [4.78, 5) is 41.4. The molecule has 0 radical (unpaired) electrons. The molecule has 0 spiro atoms. The Bertz CT molecular complexity index is 1110. The summed E-state index contributed by atoms with van der Waals surface area (Å²) in [7, 11) is 0. The van der Waals surface area contributed by atoms with Crippen LogP contribution in [-0.4, -0.2) is 35.2 Å². The number of carbonyl (C=O) groups excluding carboxylic acids is 3. The van der Waals surface area contributed by atoms with Crippen molar-refractivity contribution >= 4 is 17.7 Å². The van der Waals surface area contributed by atoms with Gasteiger partial charge in [0.05, 0.1) is 0 Å². The molecule has 1 aliphatic heterocycles. The number of carbonyl (C=O) groups is 3. The van der Waals surface area contributed by atoms with Crippen molar-refractivity contribution in [1.82, 2.24) is 10.2 Å². The minimum Gasteiger partial charge on any atom is -0.369 e. The molecule has 38 heavy (non-hydrogen) atoms. The summed E-state index contributed by atoms with van der Waals surface area (Å²) in [6.45, 7) is 5.33. The molecule has 3 amide bonds. The predicted octanol–water partition coefficient (Wildman–Crippen LogP) is 5.37. The van der Waals surface area contributed by atoms with Crippen molar-refractivity contribution in [2.75, 3.05) is 6.54 Å². The van der Waals surface area contributed by atoms with Gasteiger partial charge in [0.25, 0.3) is 0 Å². The molecule has 4 rings (SSSR count). The van der Waals surface area contributed by atoms with Crippen LogP contribution >= 0.6 is 0 Å². The van der Waals surface area contributed by atoms with E-state index >= 15 is 0 Å². The van der Waals surface area contributed by atoms with Gasteiger partial charge in [-0.25, -0.2) is 0 Å². The number of hydrogen-bond donors (Lipinski definition) is 2. The zero-order chi connectivity index (χ0) is 27.1. The Hall–Kier alpha value is -3.15. The van der Waals surface area contributed by atoms with Gasteiger partial charge in [-0.15, -0.1) is 0 Å². The Morgan fingerprint density at radius 3 is 2.47 bits per heavy atom. The maximum Gasteiger partial charge on any atom is 0.245 e. The van der Waals surface area contributed by atoms with E-state index in [2.05, 4.69) is 61.6 Å². The molecule has 1 saturated carbocycles. The van der Waals surface area contributed by atoms with Gasteiger partial charge in [-0.05, 0) is 67.7 Å². The molecule has 0 bridgehead atoms. The average Bonchev–Trinajstić information content (AvgIpc) is 3.74. The first kappa shape index (κ1) is 27.9. The van der Waals surface area contributed by atoms with Crippen molar-refractivity contribution in [3.05, 3.63) is 59.7 Å². The lowest BCUT2D eigenvalue weighted by Crippen LogP contribution is -2.50. The first-order valence-electron chi connectivity index (χ1n) is 14.4. The Balaban J connectivity index is 1.46. The highest BCUT2D eigenvalue weighted by Gasteiger charge is 2.39. The Kier molecular flexibility index (Phi) is 9.59. The molecule has 0 unspecified atom stereocenters. The molecule has 1 saturated heterocycles. The van der Waals surface area contributed by atoms with Crippen LogP contribution in [0.25, 0.3) is 11.1 Å². The third kappa shape index (κ3) is 7.46. The summed E-state index contributed by atoms with van der Waals surface area (Å²) < 4.78 is 0. The summed E-state index contributed by atoms with van der Waals surface area (Å²) in [6, 6.07) is 16.2. The van der Waals surface area contributed by atoms with Crippen LogP contribution in [0.5, 0.6) is 0 Å². The number of aryl methyl sites for hydroxylation is 1. The molecule has 2 aromatic carbocycles. The number of unbranched alkanes of at least 4 members (excludes halogenated alkanes) is 1.